The van der Waals surface area contributed by atoms with Crippen LogP contribution in [-0.4, -0.2) is 25.0 Å². The normalized spacial score (nSPS) is 13.3. The molecule has 6 nitrogen and oxygen atoms in total. The molecular weight excluding hydrogens is 434 g/mol. The van der Waals surface area contributed by atoms with Crippen LogP contribution in [-0.2, 0) is 17.6 Å². The lowest BCUT2D eigenvalue weighted by atomic mass is 10.1. The molecule has 3 aromatic rings. The van der Waals surface area contributed by atoms with Crippen LogP contribution >= 0.6 is 11.3 Å². The summed E-state index contributed by atoms with van der Waals surface area (Å²) in [4.78, 5) is 27.1. The number of thiophene rings is 1. The molecule has 1 aliphatic rings. The number of amides is 2. The zero-order valence-electron chi connectivity index (χ0n) is 19.0. The van der Waals surface area contributed by atoms with Gasteiger partial charge >= 0.3 is 0 Å². The highest BCUT2D eigenvalue weighted by molar-refractivity contribution is 7.17. The minimum atomic E-state index is -0.185. The summed E-state index contributed by atoms with van der Waals surface area (Å²) in [5.74, 6) is 0.476. The van der Waals surface area contributed by atoms with E-state index in [1.54, 1.807) is 0 Å². The fourth-order valence-electron chi connectivity index (χ4n) is 4.08. The molecule has 0 unspecified atom stereocenters. The molecule has 0 radical (unpaired) electrons. The molecule has 1 aromatic heterocycles. The van der Waals surface area contributed by atoms with E-state index >= 15 is 0 Å². The molecule has 2 aromatic carbocycles. The number of nitrogens with one attached hydrogen (secondary N) is 2. The predicted molar refractivity (Wildman–Crippen MR) is 132 cm³/mol. The van der Waals surface area contributed by atoms with Crippen LogP contribution in [0, 0.1) is 0 Å². The molecule has 0 spiro atoms. The molecule has 0 saturated carbocycles. The number of anilines is 2. The smallest absolute Gasteiger partial charge is 0.280 e. The number of rotatable bonds is 9. The van der Waals surface area contributed by atoms with E-state index < -0.39 is 0 Å². The van der Waals surface area contributed by atoms with Crippen molar-refractivity contribution in [3.8, 4) is 5.75 Å². The standard InChI is InChI=1S/C26H29N3O3S/c1-3-32-20-14-12-19(13-15-20)28-25(31)24-21-10-7-11-22(21)33-26(24)29-23(30)16-27-17(2)18-8-5-4-6-9-18/h4-6,8-9,12-15,17,27H,3,7,10-11,16H2,1-2H3,(H,28,31)(H,29,30)/p+1/t17-/m1/s1. The van der Waals surface area contributed by atoms with Gasteiger partial charge in [-0.25, -0.2) is 0 Å². The van der Waals surface area contributed by atoms with Crippen molar-refractivity contribution in [1.29, 1.82) is 0 Å². The van der Waals surface area contributed by atoms with Crippen molar-refractivity contribution < 1.29 is 19.6 Å². The molecule has 33 heavy (non-hydrogen) atoms. The molecule has 172 valence electrons. The number of hydrogen-bond donors (Lipinski definition) is 3. The molecule has 4 rings (SSSR count). The first-order valence-corrected chi connectivity index (χ1v) is 12.2. The fraction of sp³-hybridized carbons (Fsp3) is 0.308. The predicted octanol–water partition coefficient (Wildman–Crippen LogP) is 4.15. The Bertz CT molecular complexity index is 1110. The molecule has 0 bridgehead atoms. The van der Waals surface area contributed by atoms with Crippen LogP contribution < -0.4 is 20.7 Å². The van der Waals surface area contributed by atoms with Crippen LogP contribution in [0.5, 0.6) is 5.75 Å². The van der Waals surface area contributed by atoms with E-state index in [1.807, 2.05) is 54.7 Å². The number of nitrogens with two attached hydrogens (primary N) is 1. The van der Waals surface area contributed by atoms with Gasteiger partial charge in [-0.2, -0.15) is 0 Å². The molecule has 4 N–H and O–H groups in total. The Balaban J connectivity index is 1.43. The molecule has 1 atom stereocenters. The van der Waals surface area contributed by atoms with E-state index in [-0.39, 0.29) is 17.9 Å². The summed E-state index contributed by atoms with van der Waals surface area (Å²) in [6.45, 7) is 4.90. The summed E-state index contributed by atoms with van der Waals surface area (Å²) in [5, 5.41) is 8.64. The van der Waals surface area contributed by atoms with E-state index in [2.05, 4.69) is 29.7 Å². The zero-order chi connectivity index (χ0) is 23.2. The van der Waals surface area contributed by atoms with E-state index in [9.17, 15) is 9.59 Å². The summed E-state index contributed by atoms with van der Waals surface area (Å²) < 4.78 is 5.47. The largest absolute Gasteiger partial charge is 0.494 e. The van der Waals surface area contributed by atoms with E-state index in [4.69, 9.17) is 4.74 Å². The van der Waals surface area contributed by atoms with Crippen molar-refractivity contribution >= 4 is 33.8 Å². The number of ether oxygens (including phenoxy) is 1. The van der Waals surface area contributed by atoms with Gasteiger partial charge in [0.1, 0.15) is 16.8 Å². The summed E-state index contributed by atoms with van der Waals surface area (Å²) in [5.41, 5.74) is 3.55. The Kier molecular flexibility index (Phi) is 7.42. The number of aryl methyl sites for hydroxylation is 1. The maximum Gasteiger partial charge on any atom is 0.280 e. The topological polar surface area (TPSA) is 84.0 Å². The summed E-state index contributed by atoms with van der Waals surface area (Å²) >= 11 is 1.53. The lowest BCUT2D eigenvalue weighted by Crippen LogP contribution is -2.86. The van der Waals surface area contributed by atoms with Gasteiger partial charge in [-0.1, -0.05) is 30.3 Å². The number of benzene rings is 2. The number of carbonyl (C=O) groups is 2. The Hall–Kier alpha value is -3.16. The van der Waals surface area contributed by atoms with Gasteiger partial charge in [0, 0.05) is 16.1 Å². The monoisotopic (exact) mass is 464 g/mol. The summed E-state index contributed by atoms with van der Waals surface area (Å²) in [7, 11) is 0. The first-order valence-electron chi connectivity index (χ1n) is 11.4. The third-order valence-corrected chi connectivity index (χ3v) is 7.01. The lowest BCUT2D eigenvalue weighted by Gasteiger charge is -2.12. The third kappa shape index (κ3) is 5.61. The molecule has 0 aliphatic heterocycles. The van der Waals surface area contributed by atoms with Gasteiger partial charge in [0.2, 0.25) is 0 Å². The zero-order valence-corrected chi connectivity index (χ0v) is 19.8. The molecule has 1 heterocycles. The first kappa shape index (κ1) is 23.0. The van der Waals surface area contributed by atoms with Crippen LogP contribution in [0.4, 0.5) is 10.7 Å². The molecule has 2 amide bonds. The van der Waals surface area contributed by atoms with Gasteiger partial charge < -0.3 is 20.7 Å². The van der Waals surface area contributed by atoms with Gasteiger partial charge in [-0.15, -0.1) is 11.3 Å². The van der Waals surface area contributed by atoms with E-state index in [1.165, 1.54) is 21.8 Å². The maximum atomic E-state index is 13.2. The van der Waals surface area contributed by atoms with Crippen molar-refractivity contribution in [2.75, 3.05) is 23.8 Å². The Morgan fingerprint density at radius 1 is 1.06 bits per heavy atom. The van der Waals surface area contributed by atoms with Gasteiger partial charge in [0.15, 0.2) is 6.54 Å². The lowest BCUT2D eigenvalue weighted by molar-refractivity contribution is -0.682. The fourth-order valence-corrected chi connectivity index (χ4v) is 5.38. The average Bonchev–Trinajstić information content (AvgIpc) is 3.40. The highest BCUT2D eigenvalue weighted by atomic mass is 32.1. The molecule has 0 fully saturated rings. The van der Waals surface area contributed by atoms with Crippen LogP contribution in [0.2, 0.25) is 0 Å². The van der Waals surface area contributed by atoms with Gasteiger partial charge in [0.25, 0.3) is 11.8 Å². The second-order valence-corrected chi connectivity index (χ2v) is 9.27. The van der Waals surface area contributed by atoms with Crippen LogP contribution in [0.25, 0.3) is 0 Å². The van der Waals surface area contributed by atoms with E-state index in [0.29, 0.717) is 29.4 Å². The second-order valence-electron chi connectivity index (χ2n) is 8.16. The van der Waals surface area contributed by atoms with Gasteiger partial charge in [-0.3, -0.25) is 9.59 Å². The Morgan fingerprint density at radius 3 is 2.55 bits per heavy atom. The van der Waals surface area contributed by atoms with Gasteiger partial charge in [0.05, 0.1) is 12.2 Å². The van der Waals surface area contributed by atoms with Crippen LogP contribution in [0.3, 0.4) is 0 Å². The van der Waals surface area contributed by atoms with E-state index in [0.717, 1.165) is 30.6 Å². The molecule has 1 aliphatic carbocycles. The second kappa shape index (κ2) is 10.6. The van der Waals surface area contributed by atoms with Crippen molar-refractivity contribution in [3.63, 3.8) is 0 Å². The highest BCUT2D eigenvalue weighted by Crippen LogP contribution is 2.39. The Morgan fingerprint density at radius 2 is 1.82 bits per heavy atom. The molecule has 0 saturated heterocycles. The average molecular weight is 465 g/mol. The third-order valence-electron chi connectivity index (χ3n) is 5.81. The van der Waals surface area contributed by atoms with Crippen LogP contribution in [0.1, 0.15) is 52.7 Å². The SMILES string of the molecule is CCOc1ccc(NC(=O)c2c(NC(=O)C[NH2+][C@H](C)c3ccccc3)sc3c2CCC3)cc1. The summed E-state index contributed by atoms with van der Waals surface area (Å²) in [6.07, 6.45) is 2.86. The van der Waals surface area contributed by atoms with Crippen molar-refractivity contribution in [2.24, 2.45) is 0 Å². The van der Waals surface area contributed by atoms with Gasteiger partial charge in [-0.05, 0) is 62.9 Å². The number of carbonyl (C=O) groups excluding carboxylic acids is 2. The number of quaternary nitrogens is 1. The molecular formula is C26H30N3O3S+. The highest BCUT2D eigenvalue weighted by Gasteiger charge is 2.28. The number of fused-ring (bicyclic) bond motifs is 1. The quantitative estimate of drug-likeness (QED) is 0.445. The summed E-state index contributed by atoms with van der Waals surface area (Å²) in [6, 6.07) is 17.6. The molecule has 7 heteroatoms. The van der Waals surface area contributed by atoms with Crippen molar-refractivity contribution in [3.05, 3.63) is 76.2 Å². The number of hydrogen-bond acceptors (Lipinski definition) is 4. The van der Waals surface area contributed by atoms with Crippen LogP contribution in [0.15, 0.2) is 54.6 Å². The Labute approximate surface area is 198 Å². The minimum Gasteiger partial charge on any atom is -0.494 e. The first-order chi connectivity index (χ1) is 16.0. The van der Waals surface area contributed by atoms with Crippen molar-refractivity contribution in [2.45, 2.75) is 39.2 Å². The maximum absolute atomic E-state index is 13.2. The van der Waals surface area contributed by atoms with Crippen molar-refractivity contribution in [1.82, 2.24) is 0 Å². The minimum absolute atomic E-state index is 0.104.